The van der Waals surface area contributed by atoms with Gasteiger partial charge in [0.05, 0.1) is 5.92 Å². The van der Waals surface area contributed by atoms with Gasteiger partial charge in [-0.3, -0.25) is 4.79 Å². The van der Waals surface area contributed by atoms with E-state index < -0.39 is 0 Å². The molecular weight excluding hydrogens is 196 g/mol. The summed E-state index contributed by atoms with van der Waals surface area (Å²) >= 11 is 2.70. The lowest BCUT2D eigenvalue weighted by atomic mass is 9.90. The Morgan fingerprint density at radius 2 is 1.90 bits per heavy atom. The van der Waals surface area contributed by atoms with E-state index in [1.165, 1.54) is 19.3 Å². The number of hydrogen-bond acceptors (Lipinski definition) is 2. The van der Waals surface area contributed by atoms with Gasteiger partial charge in [0.15, 0.2) is 16.3 Å². The molecule has 1 rings (SSSR count). The van der Waals surface area contributed by atoms with E-state index >= 15 is 0 Å². The van der Waals surface area contributed by atoms with Crippen molar-refractivity contribution in [2.45, 2.75) is 32.1 Å². The van der Waals surface area contributed by atoms with Gasteiger partial charge in [-0.1, -0.05) is 19.3 Å². The predicted octanol–water partition coefficient (Wildman–Crippen LogP) is 2.42. The van der Waals surface area contributed by atoms with Gasteiger partial charge in [0, 0.05) is 0 Å². The third-order valence-electron chi connectivity index (χ3n) is 2.01. The number of carbonyl (C=O) groups is 1. The van der Waals surface area contributed by atoms with Gasteiger partial charge in [0.1, 0.15) is 0 Å². The van der Waals surface area contributed by atoms with Gasteiger partial charge in [-0.2, -0.15) is 0 Å². The largest absolute Gasteiger partial charge is 0.383 e. The minimum absolute atomic E-state index is 0.0975. The normalized spacial score (nSPS) is 20.5. The Balaban J connectivity index is 2.31. The minimum atomic E-state index is -0.0975. The van der Waals surface area contributed by atoms with Crippen LogP contribution in [0.1, 0.15) is 32.1 Å². The molecule has 1 saturated carbocycles. The molecule has 0 bridgehead atoms. The van der Waals surface area contributed by atoms with E-state index in [1.54, 1.807) is 0 Å². The lowest BCUT2D eigenvalue weighted by Crippen LogP contribution is -2.17. The van der Waals surface area contributed by atoms with Crippen molar-refractivity contribution in [2.24, 2.45) is 5.92 Å². The number of hydrogen-bond donors (Lipinski definition) is 0. The maximum atomic E-state index is 10.9. The highest BCUT2D eigenvalue weighted by molar-refractivity contribution is 9.06. The molecule has 1 fully saturated rings. The van der Waals surface area contributed by atoms with Crippen LogP contribution in [0.3, 0.4) is 0 Å². The van der Waals surface area contributed by atoms with E-state index in [-0.39, 0.29) is 11.9 Å². The second kappa shape index (κ2) is 3.96. The van der Waals surface area contributed by atoms with Gasteiger partial charge in [-0.25, -0.2) is 0 Å². The number of rotatable bonds is 1. The van der Waals surface area contributed by atoms with E-state index in [0.717, 1.165) is 12.8 Å². The van der Waals surface area contributed by atoms with Crippen LogP contribution in [-0.4, -0.2) is 5.97 Å². The molecule has 0 spiro atoms. The first kappa shape index (κ1) is 8.05. The third kappa shape index (κ3) is 1.97. The Labute approximate surface area is 69.4 Å². The topological polar surface area (TPSA) is 26.3 Å². The standard InChI is InChI=1S/C7H11BrO2/c8-10-7(9)6-4-2-1-3-5-6/h6H,1-5H2. The zero-order chi connectivity index (χ0) is 7.40. The molecule has 3 heteroatoms. The maximum absolute atomic E-state index is 10.9. The Morgan fingerprint density at radius 3 is 2.40 bits per heavy atom. The van der Waals surface area contributed by atoms with Crippen LogP contribution in [0.15, 0.2) is 0 Å². The maximum Gasteiger partial charge on any atom is 0.320 e. The molecule has 0 aliphatic heterocycles. The van der Waals surface area contributed by atoms with Crippen molar-refractivity contribution in [1.82, 2.24) is 0 Å². The van der Waals surface area contributed by atoms with Crippen LogP contribution in [0.2, 0.25) is 0 Å². The first-order valence-corrected chi connectivity index (χ1v) is 4.32. The predicted molar refractivity (Wildman–Crippen MR) is 41.6 cm³/mol. The van der Waals surface area contributed by atoms with E-state index in [2.05, 4.69) is 20.1 Å². The van der Waals surface area contributed by atoms with Crippen molar-refractivity contribution in [3.05, 3.63) is 0 Å². The molecule has 0 aromatic carbocycles. The van der Waals surface area contributed by atoms with Crippen LogP contribution < -0.4 is 0 Å². The molecule has 0 heterocycles. The Bertz CT molecular complexity index is 119. The molecule has 1 aliphatic carbocycles. The van der Waals surface area contributed by atoms with Gasteiger partial charge < -0.3 is 3.83 Å². The van der Waals surface area contributed by atoms with E-state index in [0.29, 0.717) is 0 Å². The molecular formula is C7H11BrO2. The lowest BCUT2D eigenvalue weighted by molar-refractivity contribution is -0.137. The molecule has 2 nitrogen and oxygen atoms in total. The molecule has 0 atom stereocenters. The van der Waals surface area contributed by atoms with E-state index in [4.69, 9.17) is 0 Å². The van der Waals surface area contributed by atoms with Crippen LogP contribution in [0, 0.1) is 5.92 Å². The van der Waals surface area contributed by atoms with Gasteiger partial charge in [-0.15, -0.1) is 0 Å². The van der Waals surface area contributed by atoms with Crippen molar-refractivity contribution in [2.75, 3.05) is 0 Å². The first-order valence-electron chi connectivity index (χ1n) is 3.67. The number of halogens is 1. The average molecular weight is 207 g/mol. The molecule has 0 amide bonds. The molecule has 0 saturated heterocycles. The summed E-state index contributed by atoms with van der Waals surface area (Å²) in [5.41, 5.74) is 0. The molecule has 0 N–H and O–H groups in total. The van der Waals surface area contributed by atoms with Crippen LogP contribution in [0.25, 0.3) is 0 Å². The summed E-state index contributed by atoms with van der Waals surface area (Å²) in [4.78, 5) is 10.9. The van der Waals surface area contributed by atoms with Crippen LogP contribution >= 0.6 is 16.3 Å². The highest BCUT2D eigenvalue weighted by atomic mass is 79.9. The molecule has 0 aromatic rings. The van der Waals surface area contributed by atoms with Crippen molar-refractivity contribution in [1.29, 1.82) is 0 Å². The Kier molecular flexibility index (Phi) is 3.19. The second-order valence-electron chi connectivity index (χ2n) is 2.73. The average Bonchev–Trinajstić information content (AvgIpc) is 2.05. The second-order valence-corrected chi connectivity index (χ2v) is 3.05. The summed E-state index contributed by atoms with van der Waals surface area (Å²) in [6.07, 6.45) is 5.63. The fraction of sp³-hybridized carbons (Fsp3) is 0.857. The van der Waals surface area contributed by atoms with E-state index in [9.17, 15) is 4.79 Å². The first-order chi connectivity index (χ1) is 4.84. The monoisotopic (exact) mass is 206 g/mol. The Morgan fingerprint density at radius 1 is 1.30 bits per heavy atom. The summed E-state index contributed by atoms with van der Waals surface area (Å²) in [7, 11) is 0. The molecule has 0 aromatic heterocycles. The van der Waals surface area contributed by atoms with E-state index in [1.807, 2.05) is 0 Å². The summed E-state index contributed by atoms with van der Waals surface area (Å²) in [6.45, 7) is 0. The quantitative estimate of drug-likeness (QED) is 0.659. The van der Waals surface area contributed by atoms with Crippen LogP contribution in [0.5, 0.6) is 0 Å². The van der Waals surface area contributed by atoms with Gasteiger partial charge in [-0.05, 0) is 12.8 Å². The van der Waals surface area contributed by atoms with Crippen molar-refractivity contribution >= 4 is 22.2 Å². The Hall–Kier alpha value is -0.0500. The molecule has 0 unspecified atom stereocenters. The zero-order valence-electron chi connectivity index (χ0n) is 5.81. The van der Waals surface area contributed by atoms with Gasteiger partial charge in [0.25, 0.3) is 0 Å². The molecule has 58 valence electrons. The van der Waals surface area contributed by atoms with Gasteiger partial charge in [0.2, 0.25) is 0 Å². The minimum Gasteiger partial charge on any atom is -0.383 e. The summed E-state index contributed by atoms with van der Waals surface area (Å²) in [6, 6.07) is 0. The molecule has 10 heavy (non-hydrogen) atoms. The van der Waals surface area contributed by atoms with Crippen molar-refractivity contribution in [3.8, 4) is 0 Å². The number of carbonyl (C=O) groups excluding carboxylic acids is 1. The SMILES string of the molecule is O=C(OBr)C1CCCCC1. The summed E-state index contributed by atoms with van der Waals surface area (Å²) in [5.74, 6) is 0.0628. The fourth-order valence-corrected chi connectivity index (χ4v) is 1.67. The van der Waals surface area contributed by atoms with Gasteiger partial charge >= 0.3 is 5.97 Å². The van der Waals surface area contributed by atoms with Crippen molar-refractivity contribution in [3.63, 3.8) is 0 Å². The highest BCUT2D eigenvalue weighted by Crippen LogP contribution is 2.24. The molecule has 1 aliphatic rings. The molecule has 0 radical (unpaired) electrons. The summed E-state index contributed by atoms with van der Waals surface area (Å²) in [5, 5.41) is 0. The lowest BCUT2D eigenvalue weighted by Gasteiger charge is -2.17. The van der Waals surface area contributed by atoms with Crippen molar-refractivity contribution < 1.29 is 8.62 Å². The zero-order valence-corrected chi connectivity index (χ0v) is 7.39. The fourth-order valence-electron chi connectivity index (χ4n) is 1.40. The highest BCUT2D eigenvalue weighted by Gasteiger charge is 2.21. The van der Waals surface area contributed by atoms with Crippen LogP contribution in [0.4, 0.5) is 0 Å². The smallest absolute Gasteiger partial charge is 0.320 e. The summed E-state index contributed by atoms with van der Waals surface area (Å²) < 4.78 is 4.46. The van der Waals surface area contributed by atoms with Crippen LogP contribution in [-0.2, 0) is 8.62 Å². The third-order valence-corrected chi connectivity index (χ3v) is 2.33.